The molecule has 7 heteroatoms. The average molecular weight is 335 g/mol. The van der Waals surface area contributed by atoms with Crippen LogP contribution in [-0.4, -0.2) is 7.11 Å². The molecule has 1 atom stereocenters. The Balaban J connectivity index is 2.29. The third-order valence-corrected chi connectivity index (χ3v) is 4.46. The summed E-state index contributed by atoms with van der Waals surface area (Å²) in [6, 6.07) is 6.39. The van der Waals surface area contributed by atoms with Crippen LogP contribution < -0.4 is 16.0 Å². The Morgan fingerprint density at radius 3 is 2.75 bits per heavy atom. The number of nitrogens with one attached hydrogen (secondary N) is 1. The van der Waals surface area contributed by atoms with Crippen LogP contribution in [0.3, 0.4) is 0 Å². The number of hydrogen-bond acceptors (Lipinski definition) is 4. The predicted octanol–water partition coefficient (Wildman–Crippen LogP) is 3.95. The van der Waals surface area contributed by atoms with Crippen LogP contribution in [0.25, 0.3) is 0 Å². The van der Waals surface area contributed by atoms with Crippen LogP contribution >= 0.6 is 34.5 Å². The Bertz CT molecular complexity index is 606. The van der Waals surface area contributed by atoms with E-state index in [0.29, 0.717) is 20.7 Å². The van der Waals surface area contributed by atoms with Crippen molar-refractivity contribution in [1.82, 2.24) is 5.43 Å². The van der Waals surface area contributed by atoms with Gasteiger partial charge in [0.2, 0.25) is 0 Å². The molecule has 1 aromatic carbocycles. The number of hydrogen-bond donors (Lipinski definition) is 2. The SMILES string of the molecule is COc1cccc(CC(NN)c2cc(Cl)sc2Cl)c1F. The number of halogens is 3. The zero-order valence-electron chi connectivity index (χ0n) is 10.6. The topological polar surface area (TPSA) is 47.3 Å². The quantitative estimate of drug-likeness (QED) is 0.642. The Morgan fingerprint density at radius 2 is 2.20 bits per heavy atom. The minimum atomic E-state index is -0.396. The molecule has 3 nitrogen and oxygen atoms in total. The first kappa shape index (κ1) is 15.5. The number of nitrogens with two attached hydrogens (primary N) is 1. The largest absolute Gasteiger partial charge is 0.494 e. The van der Waals surface area contributed by atoms with E-state index in [4.69, 9.17) is 33.8 Å². The Hall–Kier alpha value is -0.850. The number of hydrazine groups is 1. The molecule has 0 fully saturated rings. The minimum Gasteiger partial charge on any atom is -0.494 e. The van der Waals surface area contributed by atoms with E-state index < -0.39 is 5.82 Å². The zero-order chi connectivity index (χ0) is 14.7. The lowest BCUT2D eigenvalue weighted by Crippen LogP contribution is -2.29. The van der Waals surface area contributed by atoms with Crippen LogP contribution in [0.1, 0.15) is 17.2 Å². The van der Waals surface area contributed by atoms with E-state index in [9.17, 15) is 4.39 Å². The molecule has 1 heterocycles. The minimum absolute atomic E-state index is 0.202. The number of rotatable bonds is 5. The summed E-state index contributed by atoms with van der Waals surface area (Å²) in [6.45, 7) is 0. The average Bonchev–Trinajstić information content (AvgIpc) is 2.76. The molecule has 0 aliphatic heterocycles. The Morgan fingerprint density at radius 1 is 1.45 bits per heavy atom. The van der Waals surface area contributed by atoms with Gasteiger partial charge in [-0.2, -0.15) is 0 Å². The predicted molar refractivity (Wildman–Crippen MR) is 81.1 cm³/mol. The van der Waals surface area contributed by atoms with Gasteiger partial charge in [-0.05, 0) is 24.1 Å². The van der Waals surface area contributed by atoms with Gasteiger partial charge in [0.05, 0.1) is 21.8 Å². The van der Waals surface area contributed by atoms with Gasteiger partial charge in [0, 0.05) is 5.56 Å². The van der Waals surface area contributed by atoms with Crippen molar-refractivity contribution in [3.05, 3.63) is 49.9 Å². The molecule has 0 spiro atoms. The van der Waals surface area contributed by atoms with Crippen molar-refractivity contribution in [2.24, 2.45) is 5.84 Å². The smallest absolute Gasteiger partial charge is 0.168 e. The normalized spacial score (nSPS) is 12.4. The molecule has 20 heavy (non-hydrogen) atoms. The van der Waals surface area contributed by atoms with Crippen LogP contribution in [0.5, 0.6) is 5.75 Å². The molecular weight excluding hydrogens is 322 g/mol. The van der Waals surface area contributed by atoms with Gasteiger partial charge in [-0.1, -0.05) is 35.3 Å². The van der Waals surface area contributed by atoms with Crippen molar-refractivity contribution < 1.29 is 9.13 Å². The molecule has 0 saturated carbocycles. The van der Waals surface area contributed by atoms with E-state index in [-0.39, 0.29) is 11.8 Å². The van der Waals surface area contributed by atoms with Gasteiger partial charge in [0.15, 0.2) is 11.6 Å². The highest BCUT2D eigenvalue weighted by molar-refractivity contribution is 7.20. The zero-order valence-corrected chi connectivity index (χ0v) is 12.9. The highest BCUT2D eigenvalue weighted by Crippen LogP contribution is 2.36. The molecule has 0 aliphatic carbocycles. The van der Waals surface area contributed by atoms with E-state index in [1.807, 2.05) is 0 Å². The monoisotopic (exact) mass is 334 g/mol. The van der Waals surface area contributed by atoms with Crippen LogP contribution in [0.15, 0.2) is 24.3 Å². The summed E-state index contributed by atoms with van der Waals surface area (Å²) < 4.78 is 20.2. The van der Waals surface area contributed by atoms with Gasteiger partial charge in [0.25, 0.3) is 0 Å². The summed E-state index contributed by atoms with van der Waals surface area (Å²) in [5.74, 6) is 5.36. The lowest BCUT2D eigenvalue weighted by atomic mass is 10.0. The summed E-state index contributed by atoms with van der Waals surface area (Å²) in [5, 5.41) is 0. The summed E-state index contributed by atoms with van der Waals surface area (Å²) in [4.78, 5) is 0. The summed E-state index contributed by atoms with van der Waals surface area (Å²) in [5.41, 5.74) is 3.89. The molecule has 108 valence electrons. The highest BCUT2D eigenvalue weighted by Gasteiger charge is 2.19. The third-order valence-electron chi connectivity index (χ3n) is 2.95. The summed E-state index contributed by atoms with van der Waals surface area (Å²) in [6.07, 6.45) is 0.340. The molecule has 3 N–H and O–H groups in total. The maximum absolute atomic E-state index is 14.1. The van der Waals surface area contributed by atoms with Crippen LogP contribution in [0.4, 0.5) is 4.39 Å². The standard InChI is InChI=1S/C13H13Cl2FN2OS/c1-19-10-4-2-3-7(12(10)16)5-9(18-17)8-6-11(14)20-13(8)15/h2-4,6,9,18H,5,17H2,1H3. The van der Waals surface area contributed by atoms with Gasteiger partial charge in [-0.3, -0.25) is 11.3 Å². The van der Waals surface area contributed by atoms with Gasteiger partial charge >= 0.3 is 0 Å². The summed E-state index contributed by atoms with van der Waals surface area (Å²) in [7, 11) is 1.43. The number of methoxy groups -OCH3 is 1. The first-order valence-corrected chi connectivity index (χ1v) is 7.36. The second kappa shape index (κ2) is 6.74. The molecule has 0 radical (unpaired) electrons. The second-order valence-corrected chi connectivity index (χ2v) is 6.42. The fourth-order valence-electron chi connectivity index (χ4n) is 1.94. The van der Waals surface area contributed by atoms with Crippen LogP contribution in [0, 0.1) is 5.82 Å². The second-order valence-electron chi connectivity index (χ2n) is 4.14. The molecule has 1 aromatic heterocycles. The van der Waals surface area contributed by atoms with Gasteiger partial charge < -0.3 is 4.74 Å². The lowest BCUT2D eigenvalue weighted by Gasteiger charge is -2.16. The molecule has 0 amide bonds. The Kier molecular flexibility index (Phi) is 5.23. The molecule has 2 rings (SSSR count). The van der Waals surface area contributed by atoms with E-state index in [2.05, 4.69) is 5.43 Å². The van der Waals surface area contributed by atoms with Crippen molar-refractivity contribution in [2.45, 2.75) is 12.5 Å². The maximum Gasteiger partial charge on any atom is 0.168 e. The van der Waals surface area contributed by atoms with E-state index in [1.165, 1.54) is 18.4 Å². The Labute approximate surface area is 130 Å². The van der Waals surface area contributed by atoms with E-state index >= 15 is 0 Å². The third kappa shape index (κ3) is 3.24. The maximum atomic E-state index is 14.1. The van der Waals surface area contributed by atoms with E-state index in [1.54, 1.807) is 24.3 Å². The fraction of sp³-hybridized carbons (Fsp3) is 0.231. The van der Waals surface area contributed by atoms with E-state index in [0.717, 1.165) is 5.56 Å². The van der Waals surface area contributed by atoms with Crippen molar-refractivity contribution in [3.63, 3.8) is 0 Å². The van der Waals surface area contributed by atoms with Crippen molar-refractivity contribution in [2.75, 3.05) is 7.11 Å². The fourth-order valence-corrected chi connectivity index (χ4v) is 3.52. The molecule has 2 aromatic rings. The number of benzene rings is 1. The van der Waals surface area contributed by atoms with Gasteiger partial charge in [0.1, 0.15) is 0 Å². The van der Waals surface area contributed by atoms with Crippen LogP contribution in [-0.2, 0) is 6.42 Å². The van der Waals surface area contributed by atoms with Gasteiger partial charge in [-0.25, -0.2) is 4.39 Å². The molecule has 0 aliphatic rings. The van der Waals surface area contributed by atoms with Gasteiger partial charge in [-0.15, -0.1) is 11.3 Å². The molecule has 1 unspecified atom stereocenters. The molecule has 0 bridgehead atoms. The number of thiophene rings is 1. The van der Waals surface area contributed by atoms with Crippen LogP contribution in [0.2, 0.25) is 8.67 Å². The first-order valence-electron chi connectivity index (χ1n) is 5.79. The van der Waals surface area contributed by atoms with Crippen molar-refractivity contribution >= 4 is 34.5 Å². The highest BCUT2D eigenvalue weighted by atomic mass is 35.5. The summed E-state index contributed by atoms with van der Waals surface area (Å²) >= 11 is 13.3. The number of ether oxygens (including phenoxy) is 1. The molecule has 0 saturated heterocycles. The van der Waals surface area contributed by atoms with Crippen molar-refractivity contribution in [1.29, 1.82) is 0 Å². The molecular formula is C13H13Cl2FN2OS. The van der Waals surface area contributed by atoms with Crippen molar-refractivity contribution in [3.8, 4) is 5.75 Å². The lowest BCUT2D eigenvalue weighted by molar-refractivity contribution is 0.382. The first-order chi connectivity index (χ1) is 9.56.